The average molecular weight is 319 g/mol. The van der Waals surface area contributed by atoms with Crippen molar-refractivity contribution in [2.24, 2.45) is 16.8 Å². The fraction of sp³-hybridized carbons (Fsp3) is 0.778. The molecule has 1 heterocycles. The van der Waals surface area contributed by atoms with Gasteiger partial charge in [-0.05, 0) is 24.7 Å². The van der Waals surface area contributed by atoms with Gasteiger partial charge in [0, 0.05) is 32.5 Å². The summed E-state index contributed by atoms with van der Waals surface area (Å²) < 4.78 is 2.21. The molecule has 2 rings (SSSR count). The predicted molar refractivity (Wildman–Crippen MR) is 96.5 cm³/mol. The molecule has 0 radical (unpaired) electrons. The molecule has 1 aliphatic rings. The van der Waals surface area contributed by atoms with Crippen LogP contribution in [0.25, 0.3) is 0 Å². The van der Waals surface area contributed by atoms with Gasteiger partial charge in [0.2, 0.25) is 0 Å². The molecule has 0 saturated heterocycles. The minimum atomic E-state index is 0.621. The van der Waals surface area contributed by atoms with Crippen molar-refractivity contribution in [3.8, 4) is 0 Å². The Hall–Kier alpha value is -1.52. The fourth-order valence-electron chi connectivity index (χ4n) is 3.35. The van der Waals surface area contributed by atoms with E-state index in [1.165, 1.54) is 38.5 Å². The molecule has 1 fully saturated rings. The van der Waals surface area contributed by atoms with Crippen molar-refractivity contribution in [3.63, 3.8) is 0 Å². The second kappa shape index (κ2) is 9.58. The lowest BCUT2D eigenvalue weighted by Gasteiger charge is -2.14. The van der Waals surface area contributed by atoms with Crippen LogP contribution in [-0.2, 0) is 13.1 Å². The van der Waals surface area contributed by atoms with E-state index in [0.29, 0.717) is 12.5 Å². The first-order valence-electron chi connectivity index (χ1n) is 9.13. The molecule has 23 heavy (non-hydrogen) atoms. The van der Waals surface area contributed by atoms with Crippen molar-refractivity contribution in [1.29, 1.82) is 0 Å². The van der Waals surface area contributed by atoms with Crippen molar-refractivity contribution in [1.82, 2.24) is 20.2 Å². The molecular weight excluding hydrogens is 286 g/mol. The molecule has 0 aliphatic heterocycles. The topological polar surface area (TPSA) is 54.2 Å². The third kappa shape index (κ3) is 6.24. The molecular formula is C18H33N5. The third-order valence-corrected chi connectivity index (χ3v) is 4.56. The minimum Gasteiger partial charge on any atom is -0.356 e. The van der Waals surface area contributed by atoms with Crippen LogP contribution in [0.5, 0.6) is 0 Å². The molecule has 0 atom stereocenters. The molecule has 1 aromatic rings. The van der Waals surface area contributed by atoms with Crippen LogP contribution < -0.4 is 10.6 Å². The van der Waals surface area contributed by atoms with Gasteiger partial charge in [0.25, 0.3) is 0 Å². The van der Waals surface area contributed by atoms with Crippen LogP contribution in [0.2, 0.25) is 0 Å². The molecule has 130 valence electrons. The maximum Gasteiger partial charge on any atom is 0.191 e. The van der Waals surface area contributed by atoms with Crippen LogP contribution in [0.4, 0.5) is 0 Å². The van der Waals surface area contributed by atoms with Gasteiger partial charge in [0.05, 0.1) is 6.54 Å². The van der Waals surface area contributed by atoms with Gasteiger partial charge in [0.15, 0.2) is 5.96 Å². The van der Waals surface area contributed by atoms with Crippen LogP contribution in [0.3, 0.4) is 0 Å². The summed E-state index contributed by atoms with van der Waals surface area (Å²) in [5.74, 6) is 3.52. The summed E-state index contributed by atoms with van der Waals surface area (Å²) in [6.45, 7) is 7.16. The van der Waals surface area contributed by atoms with Crippen molar-refractivity contribution in [2.75, 3.05) is 13.6 Å². The zero-order valence-corrected chi connectivity index (χ0v) is 15.0. The van der Waals surface area contributed by atoms with Crippen molar-refractivity contribution in [3.05, 3.63) is 18.2 Å². The summed E-state index contributed by atoms with van der Waals surface area (Å²) in [6, 6.07) is 0. The molecule has 5 nitrogen and oxygen atoms in total. The Kier molecular flexibility index (Phi) is 7.43. The van der Waals surface area contributed by atoms with Gasteiger partial charge < -0.3 is 15.2 Å². The second-order valence-corrected chi connectivity index (χ2v) is 7.03. The largest absolute Gasteiger partial charge is 0.356 e. The number of nitrogens with zero attached hydrogens (tertiary/aromatic N) is 3. The van der Waals surface area contributed by atoms with Gasteiger partial charge in [-0.3, -0.25) is 4.99 Å². The summed E-state index contributed by atoms with van der Waals surface area (Å²) >= 11 is 0. The van der Waals surface area contributed by atoms with Crippen molar-refractivity contribution >= 4 is 5.96 Å². The molecule has 1 saturated carbocycles. The summed E-state index contributed by atoms with van der Waals surface area (Å²) in [5.41, 5.74) is 0. The molecule has 5 heteroatoms. The van der Waals surface area contributed by atoms with Crippen LogP contribution in [-0.4, -0.2) is 29.1 Å². The smallest absolute Gasteiger partial charge is 0.191 e. The van der Waals surface area contributed by atoms with E-state index in [0.717, 1.165) is 30.8 Å². The Morgan fingerprint density at radius 2 is 2.13 bits per heavy atom. The molecule has 0 bridgehead atoms. The lowest BCUT2D eigenvalue weighted by atomic mass is 10.0. The zero-order valence-electron chi connectivity index (χ0n) is 15.0. The number of imidazole rings is 1. The van der Waals surface area contributed by atoms with Crippen LogP contribution in [0, 0.1) is 11.8 Å². The Morgan fingerprint density at radius 1 is 1.35 bits per heavy atom. The van der Waals surface area contributed by atoms with E-state index in [2.05, 4.69) is 45.2 Å². The molecule has 0 spiro atoms. The highest BCUT2D eigenvalue weighted by atomic mass is 15.2. The SMILES string of the molecule is CN=C(NCCCC1CCCC1)NCc1nccn1CC(C)C. The second-order valence-electron chi connectivity index (χ2n) is 7.03. The van der Waals surface area contributed by atoms with Crippen molar-refractivity contribution in [2.45, 2.75) is 65.5 Å². The number of aromatic nitrogens is 2. The zero-order chi connectivity index (χ0) is 16.5. The molecule has 1 aromatic heterocycles. The number of rotatable bonds is 8. The summed E-state index contributed by atoms with van der Waals surface area (Å²) in [7, 11) is 1.83. The lowest BCUT2D eigenvalue weighted by molar-refractivity contribution is 0.481. The molecule has 2 N–H and O–H groups in total. The van der Waals surface area contributed by atoms with E-state index in [4.69, 9.17) is 0 Å². The summed E-state index contributed by atoms with van der Waals surface area (Å²) in [6.07, 6.45) is 12.2. The third-order valence-electron chi connectivity index (χ3n) is 4.56. The highest BCUT2D eigenvalue weighted by Crippen LogP contribution is 2.28. The van der Waals surface area contributed by atoms with E-state index in [1.807, 2.05) is 13.2 Å². The first kappa shape index (κ1) is 17.8. The first-order chi connectivity index (χ1) is 11.2. The van der Waals surface area contributed by atoms with Crippen LogP contribution in [0.1, 0.15) is 58.2 Å². The molecule has 0 unspecified atom stereocenters. The summed E-state index contributed by atoms with van der Waals surface area (Å²) in [5, 5.41) is 6.79. The van der Waals surface area contributed by atoms with Gasteiger partial charge >= 0.3 is 0 Å². The maximum absolute atomic E-state index is 4.44. The van der Waals surface area contributed by atoms with Gasteiger partial charge in [-0.15, -0.1) is 0 Å². The lowest BCUT2D eigenvalue weighted by Crippen LogP contribution is -2.38. The van der Waals surface area contributed by atoms with E-state index in [1.54, 1.807) is 0 Å². The molecule has 0 amide bonds. The Bertz CT molecular complexity index is 472. The fourth-order valence-corrected chi connectivity index (χ4v) is 3.35. The van der Waals surface area contributed by atoms with Gasteiger partial charge in [-0.25, -0.2) is 4.98 Å². The number of hydrogen-bond donors (Lipinski definition) is 2. The van der Waals surface area contributed by atoms with Crippen molar-refractivity contribution < 1.29 is 0 Å². The standard InChI is InChI=1S/C18H33N5/c1-15(2)14-23-12-11-20-17(23)13-22-18(19-3)21-10-6-9-16-7-4-5-8-16/h11-12,15-16H,4-10,13-14H2,1-3H3,(H2,19,21,22). The Balaban J connectivity index is 1.67. The van der Waals surface area contributed by atoms with E-state index < -0.39 is 0 Å². The molecule has 0 aromatic carbocycles. The quantitative estimate of drug-likeness (QED) is 0.439. The van der Waals surface area contributed by atoms with E-state index in [9.17, 15) is 0 Å². The van der Waals surface area contributed by atoms with Gasteiger partial charge in [-0.2, -0.15) is 0 Å². The van der Waals surface area contributed by atoms with Gasteiger partial charge in [-0.1, -0.05) is 39.5 Å². The highest BCUT2D eigenvalue weighted by Gasteiger charge is 2.14. The number of nitrogens with one attached hydrogen (secondary N) is 2. The monoisotopic (exact) mass is 319 g/mol. The summed E-state index contributed by atoms with van der Waals surface area (Å²) in [4.78, 5) is 8.75. The van der Waals surface area contributed by atoms with Crippen LogP contribution >= 0.6 is 0 Å². The van der Waals surface area contributed by atoms with E-state index in [-0.39, 0.29) is 0 Å². The Morgan fingerprint density at radius 3 is 2.83 bits per heavy atom. The number of hydrogen-bond acceptors (Lipinski definition) is 2. The maximum atomic E-state index is 4.44. The predicted octanol–water partition coefficient (Wildman–Crippen LogP) is 3.17. The highest BCUT2D eigenvalue weighted by molar-refractivity contribution is 5.79. The Labute approximate surface area is 141 Å². The number of guanidine groups is 1. The van der Waals surface area contributed by atoms with Crippen LogP contribution in [0.15, 0.2) is 17.4 Å². The van der Waals surface area contributed by atoms with E-state index >= 15 is 0 Å². The average Bonchev–Trinajstić information content (AvgIpc) is 3.18. The van der Waals surface area contributed by atoms with Gasteiger partial charge in [0.1, 0.15) is 5.82 Å². The normalized spacial score (nSPS) is 16.3. The molecule has 1 aliphatic carbocycles. The number of aliphatic imine (C=N–C) groups is 1. The first-order valence-corrected chi connectivity index (χ1v) is 9.13. The minimum absolute atomic E-state index is 0.621.